The number of methoxy groups -OCH3 is 1. The van der Waals surface area contributed by atoms with Crippen LogP contribution in [-0.2, 0) is 9.53 Å². The lowest BCUT2D eigenvalue weighted by Crippen LogP contribution is -1.92. The molecule has 78 valence electrons. The van der Waals surface area contributed by atoms with Crippen molar-refractivity contribution in [2.45, 2.75) is 0 Å². The smallest absolute Gasteiger partial charge is 0.330 e. The lowest BCUT2D eigenvalue weighted by Gasteiger charge is -1.91. The molecule has 0 amide bonds. The largest absolute Gasteiger partial charge is 0.466 e. The second-order valence-electron chi connectivity index (χ2n) is 2.79. The first-order chi connectivity index (χ1) is 7.22. The molecular weight excluding hydrogens is 212 g/mol. The molecule has 0 radical (unpaired) electrons. The molecule has 0 bridgehead atoms. The second-order valence-corrected chi connectivity index (χ2v) is 3.23. The van der Waals surface area contributed by atoms with E-state index in [1.54, 1.807) is 12.2 Å². The summed E-state index contributed by atoms with van der Waals surface area (Å²) in [5, 5.41) is 0.706. The Hall–Kier alpha value is -1.54. The Morgan fingerprint density at radius 2 is 1.93 bits per heavy atom. The van der Waals surface area contributed by atoms with Crippen molar-refractivity contribution in [1.82, 2.24) is 0 Å². The molecule has 0 aliphatic rings. The van der Waals surface area contributed by atoms with Crippen molar-refractivity contribution in [2.24, 2.45) is 0 Å². The van der Waals surface area contributed by atoms with Crippen molar-refractivity contribution >= 4 is 23.6 Å². The third-order valence-corrected chi connectivity index (χ3v) is 1.96. The fraction of sp³-hybridized carbons (Fsp3) is 0.0833. The maximum absolute atomic E-state index is 10.7. The summed E-state index contributed by atoms with van der Waals surface area (Å²) in [7, 11) is 1.34. The van der Waals surface area contributed by atoms with Crippen molar-refractivity contribution in [3.05, 3.63) is 53.1 Å². The quantitative estimate of drug-likeness (QED) is 0.446. The van der Waals surface area contributed by atoms with E-state index in [2.05, 4.69) is 4.74 Å². The summed E-state index contributed by atoms with van der Waals surface area (Å²) >= 11 is 5.73. The Morgan fingerprint density at radius 1 is 1.27 bits per heavy atom. The molecule has 0 fully saturated rings. The first kappa shape index (κ1) is 11.5. The monoisotopic (exact) mass is 222 g/mol. The molecule has 0 aliphatic heterocycles. The number of ether oxygens (including phenoxy) is 1. The van der Waals surface area contributed by atoms with E-state index in [9.17, 15) is 4.79 Å². The fourth-order valence-corrected chi connectivity index (χ4v) is 1.07. The number of allylic oxidation sites excluding steroid dienone is 2. The standard InChI is InChI=1S/C12H11ClO2/c1-15-12(14)5-3-2-4-10-6-8-11(13)9-7-10/h2-9H,1H3/b4-2?,5-3+. The lowest BCUT2D eigenvalue weighted by molar-refractivity contribution is -0.134. The summed E-state index contributed by atoms with van der Waals surface area (Å²) in [6, 6.07) is 7.41. The molecule has 0 heterocycles. The van der Waals surface area contributed by atoms with E-state index in [0.717, 1.165) is 5.56 Å². The van der Waals surface area contributed by atoms with E-state index in [0.29, 0.717) is 5.02 Å². The highest BCUT2D eigenvalue weighted by atomic mass is 35.5. The number of hydrogen-bond donors (Lipinski definition) is 0. The molecule has 1 aromatic carbocycles. The molecule has 3 heteroatoms. The Morgan fingerprint density at radius 3 is 2.53 bits per heavy atom. The van der Waals surface area contributed by atoms with Crippen LogP contribution in [0.15, 0.2) is 42.5 Å². The zero-order chi connectivity index (χ0) is 11.1. The van der Waals surface area contributed by atoms with Crippen molar-refractivity contribution < 1.29 is 9.53 Å². The molecule has 0 unspecified atom stereocenters. The number of hydrogen-bond acceptors (Lipinski definition) is 2. The second kappa shape index (κ2) is 6.04. The topological polar surface area (TPSA) is 26.3 Å². The third-order valence-electron chi connectivity index (χ3n) is 1.70. The molecule has 0 aliphatic carbocycles. The van der Waals surface area contributed by atoms with Gasteiger partial charge in [-0.2, -0.15) is 0 Å². The van der Waals surface area contributed by atoms with Gasteiger partial charge >= 0.3 is 5.97 Å². The molecule has 15 heavy (non-hydrogen) atoms. The van der Waals surface area contributed by atoms with E-state index in [1.165, 1.54) is 13.2 Å². The Bertz CT molecular complexity index is 377. The predicted octanol–water partition coefficient (Wildman–Crippen LogP) is 3.08. The minimum absolute atomic E-state index is 0.365. The molecule has 1 rings (SSSR count). The van der Waals surface area contributed by atoms with Gasteiger partial charge in [-0.3, -0.25) is 0 Å². The van der Waals surface area contributed by atoms with E-state index >= 15 is 0 Å². The minimum atomic E-state index is -0.365. The van der Waals surface area contributed by atoms with Crippen LogP contribution in [-0.4, -0.2) is 13.1 Å². The van der Waals surface area contributed by atoms with Crippen LogP contribution in [0.4, 0.5) is 0 Å². The van der Waals surface area contributed by atoms with E-state index < -0.39 is 0 Å². The molecule has 1 aromatic rings. The van der Waals surface area contributed by atoms with Gasteiger partial charge in [0.1, 0.15) is 0 Å². The third kappa shape index (κ3) is 4.47. The Kier molecular flexibility index (Phi) is 4.64. The first-order valence-electron chi connectivity index (χ1n) is 4.40. The summed E-state index contributed by atoms with van der Waals surface area (Å²) in [4.78, 5) is 10.7. The molecule has 0 atom stereocenters. The number of halogens is 1. The molecule has 0 spiro atoms. The minimum Gasteiger partial charge on any atom is -0.466 e. The van der Waals surface area contributed by atoms with Gasteiger partial charge in [0, 0.05) is 11.1 Å². The average molecular weight is 223 g/mol. The van der Waals surface area contributed by atoms with Gasteiger partial charge in [-0.1, -0.05) is 42.0 Å². The van der Waals surface area contributed by atoms with Crippen molar-refractivity contribution in [2.75, 3.05) is 7.11 Å². The predicted molar refractivity (Wildman–Crippen MR) is 61.6 cm³/mol. The summed E-state index contributed by atoms with van der Waals surface area (Å²) in [5.41, 5.74) is 1.02. The molecule has 2 nitrogen and oxygen atoms in total. The number of benzene rings is 1. The van der Waals surface area contributed by atoms with Gasteiger partial charge in [0.25, 0.3) is 0 Å². The zero-order valence-corrected chi connectivity index (χ0v) is 9.07. The van der Waals surface area contributed by atoms with Crippen LogP contribution in [0.1, 0.15) is 5.56 Å². The van der Waals surface area contributed by atoms with Crippen molar-refractivity contribution in [3.63, 3.8) is 0 Å². The summed E-state index contributed by atoms with van der Waals surface area (Å²) < 4.78 is 4.44. The van der Waals surface area contributed by atoms with E-state index in [4.69, 9.17) is 11.6 Å². The highest BCUT2D eigenvalue weighted by Gasteiger charge is 1.88. The number of carbonyl (C=O) groups excluding carboxylic acids is 1. The van der Waals surface area contributed by atoms with Crippen LogP contribution in [0.2, 0.25) is 5.02 Å². The van der Waals surface area contributed by atoms with Crippen LogP contribution >= 0.6 is 11.6 Å². The van der Waals surface area contributed by atoms with Gasteiger partial charge in [0.2, 0.25) is 0 Å². The van der Waals surface area contributed by atoms with Gasteiger partial charge in [-0.05, 0) is 17.7 Å². The van der Waals surface area contributed by atoms with Crippen molar-refractivity contribution in [1.29, 1.82) is 0 Å². The molecule has 0 saturated heterocycles. The van der Waals surface area contributed by atoms with Gasteiger partial charge in [-0.25, -0.2) is 4.79 Å². The molecule has 0 saturated carbocycles. The first-order valence-corrected chi connectivity index (χ1v) is 4.78. The number of esters is 1. The average Bonchev–Trinajstić information content (AvgIpc) is 2.26. The lowest BCUT2D eigenvalue weighted by atomic mass is 10.2. The summed E-state index contributed by atoms with van der Waals surface area (Å²) in [6.07, 6.45) is 6.61. The van der Waals surface area contributed by atoms with Crippen molar-refractivity contribution in [3.8, 4) is 0 Å². The maximum Gasteiger partial charge on any atom is 0.330 e. The Balaban J connectivity index is 2.55. The van der Waals surface area contributed by atoms with E-state index in [-0.39, 0.29) is 5.97 Å². The van der Waals surface area contributed by atoms with Gasteiger partial charge < -0.3 is 4.74 Å². The zero-order valence-electron chi connectivity index (χ0n) is 8.31. The van der Waals surface area contributed by atoms with Gasteiger partial charge in [-0.15, -0.1) is 0 Å². The molecular formula is C12H11ClO2. The van der Waals surface area contributed by atoms with Gasteiger partial charge in [0.15, 0.2) is 0 Å². The SMILES string of the molecule is COC(=O)/C=C/C=Cc1ccc(Cl)cc1. The number of carbonyl (C=O) groups is 1. The molecule has 0 aromatic heterocycles. The Labute approximate surface area is 93.8 Å². The van der Waals surface area contributed by atoms with Crippen LogP contribution in [0.25, 0.3) is 6.08 Å². The van der Waals surface area contributed by atoms with Crippen LogP contribution in [0.5, 0.6) is 0 Å². The molecule has 0 N–H and O–H groups in total. The highest BCUT2D eigenvalue weighted by Crippen LogP contribution is 2.10. The highest BCUT2D eigenvalue weighted by molar-refractivity contribution is 6.30. The van der Waals surface area contributed by atoms with E-state index in [1.807, 2.05) is 30.3 Å². The summed E-state index contributed by atoms with van der Waals surface area (Å²) in [5.74, 6) is -0.365. The van der Waals surface area contributed by atoms with Gasteiger partial charge in [0.05, 0.1) is 7.11 Å². The summed E-state index contributed by atoms with van der Waals surface area (Å²) in [6.45, 7) is 0. The van der Waals surface area contributed by atoms with Crippen LogP contribution in [0, 0.1) is 0 Å². The maximum atomic E-state index is 10.7. The fourth-order valence-electron chi connectivity index (χ4n) is 0.943. The van der Waals surface area contributed by atoms with Crippen LogP contribution in [0.3, 0.4) is 0 Å². The normalized spacial score (nSPS) is 11.1. The van der Waals surface area contributed by atoms with Crippen LogP contribution < -0.4 is 0 Å². The number of rotatable bonds is 3.